The van der Waals surface area contributed by atoms with Gasteiger partial charge in [0.25, 0.3) is 0 Å². The number of hydrogen-bond donors (Lipinski definition) is 6. The number of pyridine rings is 4. The Bertz CT molecular complexity index is 6000. The molecule has 12 aromatic rings. The number of carbonyl (C=O) groups is 4. The Morgan fingerprint density at radius 1 is 0.339 bits per heavy atom. The zero-order valence-corrected chi connectivity index (χ0v) is 72.9. The van der Waals surface area contributed by atoms with Crippen molar-refractivity contribution >= 4 is 136 Å². The molecule has 3 fully saturated rings. The largest absolute Gasteiger partial charge is 0.392 e. The van der Waals surface area contributed by atoms with Gasteiger partial charge in [0, 0.05) is 171 Å². The fourth-order valence-corrected chi connectivity index (χ4v) is 15.9. The molecule has 10 N–H and O–H groups in total. The average Bonchev–Trinajstić information content (AvgIpc) is 0.878. The summed E-state index contributed by atoms with van der Waals surface area (Å²) in [7, 11) is 0. The summed E-state index contributed by atoms with van der Waals surface area (Å²) in [6.45, 7) is 11.1. The topological polar surface area (TPSA) is 274 Å². The van der Waals surface area contributed by atoms with E-state index in [1.807, 2.05) is 133 Å². The number of Topliss-reactive ketones (excluding diaryl/α,β-unsaturated/α-hetero) is 4. The molecule has 15 rings (SSSR count). The number of aliphatic hydroxyl groups excluding tert-OH is 2. The summed E-state index contributed by atoms with van der Waals surface area (Å²) < 4.78 is 0. The second kappa shape index (κ2) is 46.3. The lowest BCUT2D eigenvalue weighted by molar-refractivity contribution is 0.0821. The van der Waals surface area contributed by atoms with Gasteiger partial charge in [-0.05, 0) is 214 Å². The number of unbranched alkanes of at least 4 members (excludes halogenated alkanes) is 3. The maximum absolute atomic E-state index is 12.6. The van der Waals surface area contributed by atoms with Crippen LogP contribution in [0.3, 0.4) is 0 Å². The predicted octanol–water partition coefficient (Wildman–Crippen LogP) is 20.3. The number of carbonyl (C=O) groups excluding carboxylic acids is 4. The van der Waals surface area contributed by atoms with Crippen molar-refractivity contribution in [1.82, 2.24) is 34.6 Å². The Balaban J connectivity index is 0.000000151. The van der Waals surface area contributed by atoms with Crippen LogP contribution in [0.15, 0.2) is 195 Å². The van der Waals surface area contributed by atoms with Crippen LogP contribution in [0.4, 0.5) is 23.3 Å². The summed E-state index contributed by atoms with van der Waals surface area (Å²) in [5.74, 6) is 26.8. The molecule has 17 nitrogen and oxygen atoms in total. The highest BCUT2D eigenvalue weighted by Crippen LogP contribution is 2.31. The molecular formula is C103H103Cl4N11O6. The molecule has 4 aromatic heterocycles. The summed E-state index contributed by atoms with van der Waals surface area (Å²) in [4.78, 5) is 73.7. The predicted molar refractivity (Wildman–Crippen MR) is 506 cm³/mol. The number of anilines is 4. The van der Waals surface area contributed by atoms with E-state index in [0.717, 1.165) is 141 Å². The van der Waals surface area contributed by atoms with Crippen LogP contribution in [0.1, 0.15) is 215 Å². The van der Waals surface area contributed by atoms with Crippen LogP contribution in [-0.2, 0) is 0 Å². The van der Waals surface area contributed by atoms with Gasteiger partial charge >= 0.3 is 0 Å². The van der Waals surface area contributed by atoms with Crippen LogP contribution in [0, 0.1) is 47.4 Å². The highest BCUT2D eigenvalue weighted by Gasteiger charge is 2.21. The van der Waals surface area contributed by atoms with E-state index in [9.17, 15) is 29.4 Å². The van der Waals surface area contributed by atoms with Crippen molar-refractivity contribution in [1.29, 1.82) is 0 Å². The normalized spacial score (nSPS) is 13.8. The van der Waals surface area contributed by atoms with E-state index in [2.05, 4.69) is 88.9 Å². The average molecular weight is 1730 g/mol. The van der Waals surface area contributed by atoms with Crippen LogP contribution >= 0.6 is 46.4 Å². The lowest BCUT2D eigenvalue weighted by atomic mass is 10.0. The number of nitrogens with zero attached hydrogens (tertiary/aromatic N) is 7. The molecule has 8 aromatic carbocycles. The Labute approximate surface area is 746 Å². The molecule has 0 bridgehead atoms. The minimum atomic E-state index is -0.467. The van der Waals surface area contributed by atoms with Crippen LogP contribution in [0.25, 0.3) is 43.1 Å². The van der Waals surface area contributed by atoms with E-state index in [4.69, 9.17) is 69.3 Å². The molecule has 3 aliphatic rings. The van der Waals surface area contributed by atoms with Crippen molar-refractivity contribution in [2.24, 2.45) is 0 Å². The molecule has 3 saturated heterocycles. The fraction of sp³-hybridized carbons (Fsp3) is 0.301. The quantitative estimate of drug-likeness (QED) is 0.0197. The SMILES string of the molecule is CCCCCC(=O)c1ccc(C#Cc2c(N)ncc3ccc(Cl)cc23)cc1.Nc1ncc2ccc(Cl)cc2c1C#Cc1ccc(C(=O)CCC(O)CN2CCCC2)cc1.Nc1ncc2ccc(Cl)cc2c1C#Cc1ccc(C(=O)CCC(O)CN2CCCCC2)cc1.Nc1ncc2ccc(Cl)cc2c1C#Cc1ccc(C(=O)CCCCN2CCCCC2)cc1. The molecule has 7 heterocycles. The number of benzene rings is 8. The number of aliphatic hydroxyl groups is 2. The van der Waals surface area contributed by atoms with E-state index in [-0.39, 0.29) is 23.1 Å². The molecule has 2 atom stereocenters. The molecule has 2 unspecified atom stereocenters. The minimum absolute atomic E-state index is 0.0297. The molecule has 0 amide bonds. The third kappa shape index (κ3) is 27.0. The number of nitrogen functional groups attached to an aromatic ring is 4. The number of fused-ring (bicyclic) bond motifs is 4. The minimum Gasteiger partial charge on any atom is -0.392 e. The van der Waals surface area contributed by atoms with E-state index < -0.39 is 12.2 Å². The number of aromatic nitrogens is 4. The number of rotatable bonds is 23. The zero-order chi connectivity index (χ0) is 87.3. The highest BCUT2D eigenvalue weighted by molar-refractivity contribution is 6.32. The number of ketones is 4. The lowest BCUT2D eigenvalue weighted by Crippen LogP contribution is -2.36. The number of hydrogen-bond acceptors (Lipinski definition) is 17. The number of β-amino-alcohol motifs (C(OH)–C–C–N with tert-alkyl or cyclic N) is 2. The third-order valence-electron chi connectivity index (χ3n) is 22.3. The summed E-state index contributed by atoms with van der Waals surface area (Å²) >= 11 is 24.5. The maximum Gasteiger partial charge on any atom is 0.162 e. The van der Waals surface area contributed by atoms with E-state index >= 15 is 0 Å². The van der Waals surface area contributed by atoms with Gasteiger partial charge in [0.1, 0.15) is 23.3 Å². The molecule has 124 heavy (non-hydrogen) atoms. The summed E-state index contributed by atoms with van der Waals surface area (Å²) in [6, 6.07) is 51.5. The molecule has 0 spiro atoms. The Morgan fingerprint density at radius 3 is 0.879 bits per heavy atom. The molecule has 0 aliphatic carbocycles. The van der Waals surface area contributed by atoms with Crippen molar-refractivity contribution in [3.05, 3.63) is 281 Å². The summed E-state index contributed by atoms with van der Waals surface area (Å²) in [5, 5.41) is 30.2. The van der Waals surface area contributed by atoms with Crippen molar-refractivity contribution < 1.29 is 29.4 Å². The molecule has 21 heteroatoms. The number of nitrogens with two attached hydrogens (primary N) is 4. The van der Waals surface area contributed by atoms with Gasteiger partial charge in [0.2, 0.25) is 0 Å². The van der Waals surface area contributed by atoms with Crippen LogP contribution < -0.4 is 22.9 Å². The van der Waals surface area contributed by atoms with Gasteiger partial charge < -0.3 is 47.8 Å². The molecule has 0 radical (unpaired) electrons. The second-order valence-corrected chi connectivity index (χ2v) is 33.3. The number of piperidine rings is 2. The summed E-state index contributed by atoms with van der Waals surface area (Å²) in [5.41, 5.74) is 32.7. The lowest BCUT2D eigenvalue weighted by Gasteiger charge is -2.28. The van der Waals surface area contributed by atoms with Gasteiger partial charge in [-0.15, -0.1) is 0 Å². The standard InChI is InChI=1S/C27H28ClN3O2.C27H28ClN3O.C26H26ClN3O2.C23H21ClN2O/c28-22-10-9-21-17-30-27(29)24(25(21)16-22)12-6-19-4-7-20(8-5-19)26(33)13-11-23(32)18-31-14-2-1-3-15-31;28-23-13-12-22-19-30-27(29)24(25(22)18-23)14-9-20-7-10-21(11-8-20)26(32)6-2-5-17-31-15-3-1-4-16-31;27-21-9-8-20-16-29-26(28)23(24(20)15-21)11-5-18-3-6-19(7-4-18)25(32)12-10-22(31)17-30-13-1-2-14-30;1-2-3-4-5-22(27)17-9-6-16(7-10-17)8-13-20-21-14-19(24)12-11-18(21)15-26-23(20)25/h4-5,7-10,16-17,23,32H,1-3,11,13-15,18H2,(H2,29,30);7-8,10-13,18-19H,1-6,15-17H2,(H2,29,30);3-4,6-9,15-16,22,31H,1-2,10,12-14,17H2,(H2,28,29);6-7,9-12,14-15H,2-5H2,1H3,(H2,25,26). The Morgan fingerprint density at radius 2 is 0.597 bits per heavy atom. The first-order chi connectivity index (χ1) is 60.2. The number of likely N-dealkylation sites (tertiary alicyclic amines) is 3. The Hall–Kier alpha value is -11.5. The van der Waals surface area contributed by atoms with Gasteiger partial charge in [-0.25, -0.2) is 19.9 Å². The van der Waals surface area contributed by atoms with E-state index in [0.29, 0.717) is 128 Å². The van der Waals surface area contributed by atoms with Crippen molar-refractivity contribution in [2.45, 2.75) is 141 Å². The van der Waals surface area contributed by atoms with Crippen LogP contribution in [0.5, 0.6) is 0 Å². The van der Waals surface area contributed by atoms with Crippen molar-refractivity contribution in [2.75, 3.05) is 81.8 Å². The third-order valence-corrected chi connectivity index (χ3v) is 23.2. The molecule has 0 saturated carbocycles. The zero-order valence-electron chi connectivity index (χ0n) is 69.9. The van der Waals surface area contributed by atoms with Crippen molar-refractivity contribution in [3.63, 3.8) is 0 Å². The maximum atomic E-state index is 12.6. The van der Waals surface area contributed by atoms with Gasteiger partial charge in [-0.1, -0.05) is 199 Å². The van der Waals surface area contributed by atoms with Gasteiger partial charge in [-0.2, -0.15) is 0 Å². The smallest absolute Gasteiger partial charge is 0.162 e. The molecule has 634 valence electrons. The molecule has 3 aliphatic heterocycles. The highest BCUT2D eigenvalue weighted by atomic mass is 35.5. The first-order valence-corrected chi connectivity index (χ1v) is 44.2. The fourth-order valence-electron chi connectivity index (χ4n) is 15.2. The summed E-state index contributed by atoms with van der Waals surface area (Å²) in [6.07, 6.45) is 23.9. The van der Waals surface area contributed by atoms with E-state index in [1.54, 1.807) is 61.2 Å². The number of halogens is 4. The first kappa shape index (κ1) is 91.7. The van der Waals surface area contributed by atoms with Gasteiger partial charge in [0.05, 0.1) is 34.5 Å². The van der Waals surface area contributed by atoms with Crippen LogP contribution in [0.2, 0.25) is 20.1 Å². The first-order valence-electron chi connectivity index (χ1n) is 42.7. The van der Waals surface area contributed by atoms with Gasteiger partial charge in [0.15, 0.2) is 23.1 Å². The second-order valence-electron chi connectivity index (χ2n) is 31.6. The van der Waals surface area contributed by atoms with E-state index in [1.165, 1.54) is 64.5 Å². The Kier molecular flexibility index (Phi) is 34.2. The monoisotopic (exact) mass is 1730 g/mol. The van der Waals surface area contributed by atoms with Gasteiger partial charge in [-0.3, -0.25) is 19.2 Å². The van der Waals surface area contributed by atoms with Crippen molar-refractivity contribution in [3.8, 4) is 47.4 Å². The van der Waals surface area contributed by atoms with Crippen LogP contribution in [-0.4, -0.2) is 139 Å². The molecular weight excluding hydrogens is 1630 g/mol.